The lowest BCUT2D eigenvalue weighted by Crippen LogP contribution is -2.64. The Balaban J connectivity index is 1.81. The number of amides is 1. The number of nitrogens with one attached hydrogen (secondary N) is 1. The van der Waals surface area contributed by atoms with Crippen LogP contribution in [-0.4, -0.2) is 77.2 Å². The van der Waals surface area contributed by atoms with Gasteiger partial charge >= 0.3 is 0 Å². The molecule has 1 aromatic heterocycles. The summed E-state index contributed by atoms with van der Waals surface area (Å²) in [5.41, 5.74) is 0.278. The highest BCUT2D eigenvalue weighted by Crippen LogP contribution is 2.45. The third-order valence-corrected chi connectivity index (χ3v) is 5.64. The number of alkyl halides is 2. The number of anilines is 1. The molecule has 0 radical (unpaired) electrons. The third kappa shape index (κ3) is 3.89. The average molecular weight is 383 g/mol. The van der Waals surface area contributed by atoms with Crippen LogP contribution in [0.3, 0.4) is 0 Å². The maximum atomic E-state index is 13.3. The lowest BCUT2D eigenvalue weighted by molar-refractivity contribution is -0.143. The van der Waals surface area contributed by atoms with Crippen LogP contribution < -0.4 is 10.2 Å². The van der Waals surface area contributed by atoms with E-state index in [1.165, 1.54) is 0 Å². The molecule has 1 aliphatic carbocycles. The summed E-state index contributed by atoms with van der Waals surface area (Å²) >= 11 is 0. The van der Waals surface area contributed by atoms with Gasteiger partial charge in [-0.3, -0.25) is 4.79 Å². The standard InChI is InChI=1S/C18H27F2N5O2/c1-11-12(2)21-14(16(27)23-17(10-26)8-18(19,20)9-17)22-15(11)25-6-5-13(7-25)24(3)4/h13,26H,5-10H2,1-4H3,(H,23,27)/t13-/m1/s1. The molecule has 0 unspecified atom stereocenters. The number of carbonyl (C=O) groups is 1. The van der Waals surface area contributed by atoms with Crippen LogP contribution in [0.2, 0.25) is 0 Å². The molecule has 3 rings (SSSR count). The second-order valence-electron chi connectivity index (χ2n) is 8.04. The minimum absolute atomic E-state index is 0.0514. The molecule has 0 bridgehead atoms. The Bertz CT molecular complexity index is 733. The van der Waals surface area contributed by atoms with E-state index in [0.717, 1.165) is 25.1 Å². The molecular formula is C18H27F2N5O2. The summed E-state index contributed by atoms with van der Waals surface area (Å²) in [5.74, 6) is -2.84. The van der Waals surface area contributed by atoms with Crippen molar-refractivity contribution >= 4 is 11.7 Å². The van der Waals surface area contributed by atoms with E-state index in [1.807, 2.05) is 21.0 Å². The van der Waals surface area contributed by atoms with Crippen molar-refractivity contribution < 1.29 is 18.7 Å². The molecule has 1 aromatic rings. The van der Waals surface area contributed by atoms with Gasteiger partial charge in [0.1, 0.15) is 5.82 Å². The fourth-order valence-electron chi connectivity index (χ4n) is 3.85. The highest BCUT2D eigenvalue weighted by molar-refractivity contribution is 5.91. The van der Waals surface area contributed by atoms with E-state index in [9.17, 15) is 18.7 Å². The maximum Gasteiger partial charge on any atom is 0.289 e. The second kappa shape index (κ2) is 6.94. The molecule has 7 nitrogen and oxygen atoms in total. The van der Waals surface area contributed by atoms with Crippen LogP contribution in [0.5, 0.6) is 0 Å². The normalized spacial score (nSPS) is 23.4. The van der Waals surface area contributed by atoms with E-state index < -0.39 is 36.8 Å². The first-order valence-corrected chi connectivity index (χ1v) is 9.14. The first kappa shape index (κ1) is 19.9. The zero-order valence-corrected chi connectivity index (χ0v) is 16.2. The van der Waals surface area contributed by atoms with Crippen LogP contribution >= 0.6 is 0 Å². The molecule has 0 spiro atoms. The highest BCUT2D eigenvalue weighted by atomic mass is 19.3. The van der Waals surface area contributed by atoms with Crippen LogP contribution in [0.1, 0.15) is 41.1 Å². The molecule has 1 saturated carbocycles. The van der Waals surface area contributed by atoms with Gasteiger partial charge in [0.25, 0.3) is 11.8 Å². The summed E-state index contributed by atoms with van der Waals surface area (Å²) in [5, 5.41) is 12.0. The zero-order chi connectivity index (χ0) is 20.0. The quantitative estimate of drug-likeness (QED) is 0.793. The van der Waals surface area contributed by atoms with Crippen LogP contribution in [0, 0.1) is 13.8 Å². The Kier molecular flexibility index (Phi) is 5.11. The van der Waals surface area contributed by atoms with E-state index in [-0.39, 0.29) is 5.82 Å². The van der Waals surface area contributed by atoms with Crippen molar-refractivity contribution in [3.05, 3.63) is 17.1 Å². The van der Waals surface area contributed by atoms with Gasteiger partial charge in [-0.1, -0.05) is 0 Å². The van der Waals surface area contributed by atoms with Crippen molar-refractivity contribution in [2.75, 3.05) is 38.7 Å². The topological polar surface area (TPSA) is 81.6 Å². The molecule has 9 heteroatoms. The van der Waals surface area contributed by atoms with Crippen molar-refractivity contribution in [3.63, 3.8) is 0 Å². The molecule has 1 atom stereocenters. The number of aromatic nitrogens is 2. The second-order valence-corrected chi connectivity index (χ2v) is 8.04. The van der Waals surface area contributed by atoms with E-state index in [0.29, 0.717) is 17.6 Å². The van der Waals surface area contributed by atoms with Gasteiger partial charge in [0, 0.05) is 43.2 Å². The van der Waals surface area contributed by atoms with Gasteiger partial charge in [-0.2, -0.15) is 0 Å². The van der Waals surface area contributed by atoms with Gasteiger partial charge in [-0.15, -0.1) is 0 Å². The van der Waals surface area contributed by atoms with Crippen LogP contribution in [0.25, 0.3) is 0 Å². The number of aliphatic hydroxyl groups excluding tert-OH is 1. The zero-order valence-electron chi connectivity index (χ0n) is 16.2. The molecular weight excluding hydrogens is 356 g/mol. The third-order valence-electron chi connectivity index (χ3n) is 5.64. The first-order valence-electron chi connectivity index (χ1n) is 9.14. The molecule has 150 valence electrons. The van der Waals surface area contributed by atoms with Crippen molar-refractivity contribution in [3.8, 4) is 0 Å². The summed E-state index contributed by atoms with van der Waals surface area (Å²) in [6, 6.07) is 0.409. The number of rotatable bonds is 5. The lowest BCUT2D eigenvalue weighted by atomic mass is 9.74. The van der Waals surface area contributed by atoms with Gasteiger partial charge in [-0.25, -0.2) is 18.7 Å². The van der Waals surface area contributed by atoms with Crippen LogP contribution in [0.15, 0.2) is 0 Å². The van der Waals surface area contributed by atoms with E-state index in [2.05, 4.69) is 25.1 Å². The van der Waals surface area contributed by atoms with E-state index in [4.69, 9.17) is 0 Å². The summed E-state index contributed by atoms with van der Waals surface area (Å²) in [6.07, 6.45) is -0.146. The number of aryl methyl sites for hydroxylation is 1. The Hall–Kier alpha value is -1.87. The molecule has 0 aromatic carbocycles. The van der Waals surface area contributed by atoms with Crippen LogP contribution in [0.4, 0.5) is 14.6 Å². The number of hydrogen-bond acceptors (Lipinski definition) is 6. The Labute approximate surface area is 157 Å². The Morgan fingerprint density at radius 3 is 2.52 bits per heavy atom. The summed E-state index contributed by atoms with van der Waals surface area (Å²) in [6.45, 7) is 4.81. The Morgan fingerprint density at radius 1 is 1.33 bits per heavy atom. The molecule has 2 aliphatic rings. The number of carbonyl (C=O) groups excluding carboxylic acids is 1. The maximum absolute atomic E-state index is 13.3. The van der Waals surface area contributed by atoms with Gasteiger partial charge in [0.15, 0.2) is 0 Å². The summed E-state index contributed by atoms with van der Waals surface area (Å²) in [7, 11) is 4.07. The number of hydrogen-bond donors (Lipinski definition) is 2. The van der Waals surface area contributed by atoms with Gasteiger partial charge < -0.3 is 20.2 Å². The van der Waals surface area contributed by atoms with Gasteiger partial charge in [0.2, 0.25) is 5.82 Å². The molecule has 2 heterocycles. The first-order chi connectivity index (χ1) is 12.6. The number of halogens is 2. The van der Waals surface area contributed by atoms with Gasteiger partial charge in [0.05, 0.1) is 12.1 Å². The molecule has 2 N–H and O–H groups in total. The predicted molar refractivity (Wildman–Crippen MR) is 97.3 cm³/mol. The molecule has 1 saturated heterocycles. The lowest BCUT2D eigenvalue weighted by Gasteiger charge is -2.46. The van der Waals surface area contributed by atoms with Crippen LogP contribution in [-0.2, 0) is 0 Å². The number of aliphatic hydroxyl groups is 1. The summed E-state index contributed by atoms with van der Waals surface area (Å²) in [4.78, 5) is 25.6. The molecule has 1 amide bonds. The smallest absolute Gasteiger partial charge is 0.289 e. The van der Waals surface area contributed by atoms with E-state index in [1.54, 1.807) is 6.92 Å². The van der Waals surface area contributed by atoms with Gasteiger partial charge in [-0.05, 0) is 34.4 Å². The monoisotopic (exact) mass is 383 g/mol. The number of nitrogens with zero attached hydrogens (tertiary/aromatic N) is 4. The Morgan fingerprint density at radius 2 is 2.00 bits per heavy atom. The van der Waals surface area contributed by atoms with Crippen molar-refractivity contribution in [1.82, 2.24) is 20.2 Å². The fourth-order valence-corrected chi connectivity index (χ4v) is 3.85. The van der Waals surface area contributed by atoms with E-state index >= 15 is 0 Å². The van der Waals surface area contributed by atoms with Crippen molar-refractivity contribution in [2.45, 2.75) is 50.6 Å². The minimum Gasteiger partial charge on any atom is -0.394 e. The minimum atomic E-state index is -2.86. The highest BCUT2D eigenvalue weighted by Gasteiger charge is 2.57. The predicted octanol–water partition coefficient (Wildman–Crippen LogP) is 1.12. The van der Waals surface area contributed by atoms with Crippen molar-refractivity contribution in [2.24, 2.45) is 0 Å². The average Bonchev–Trinajstić information content (AvgIpc) is 3.05. The van der Waals surface area contributed by atoms with Crippen molar-refractivity contribution in [1.29, 1.82) is 0 Å². The molecule has 1 aliphatic heterocycles. The molecule has 2 fully saturated rings. The molecule has 27 heavy (non-hydrogen) atoms. The number of likely N-dealkylation sites (N-methyl/N-ethyl adjacent to an activating group) is 1. The SMILES string of the molecule is Cc1nc(C(=O)NC2(CO)CC(F)(F)C2)nc(N2CC[C@@H](N(C)C)C2)c1C. The summed E-state index contributed by atoms with van der Waals surface area (Å²) < 4.78 is 26.5. The largest absolute Gasteiger partial charge is 0.394 e. The fraction of sp³-hybridized carbons (Fsp3) is 0.722.